The quantitative estimate of drug-likeness (QED) is 0.0383. The SMILES string of the molecule is C/C(=N/O)C1CCCCC1.C/C(=N/O)c1ccccc1.CC(C)=NO.CC12CCC(C/C1=N\O)C2(C)C.CCC/C(CCCO)=N/O.CCCC(CCC)=NO.COc1ccc(/C=N\O)c(OC)c1.O/N=C\c1ccccc1O.ON=C1C2CC3CC(C2)CC1C3. The molecule has 0 radical (unpaired) electrons. The first-order valence-corrected chi connectivity index (χ1v) is 32.1. The van der Waals surface area contributed by atoms with Crippen LogP contribution in [0.3, 0.4) is 0 Å². The van der Waals surface area contributed by atoms with Gasteiger partial charge >= 0.3 is 0 Å². The number of aliphatic hydroxyl groups excluding tert-OH is 1. The van der Waals surface area contributed by atoms with Gasteiger partial charge in [-0.25, -0.2) is 0 Å². The van der Waals surface area contributed by atoms with Gasteiger partial charge in [-0.05, 0) is 177 Å². The number of aromatic hydroxyl groups is 1. The fraction of sp³-hybridized carbons (Fsp3) is 0.609. The summed E-state index contributed by atoms with van der Waals surface area (Å²) in [7, 11) is 3.12. The number of rotatable bonds is 15. The van der Waals surface area contributed by atoms with Crippen molar-refractivity contribution < 1.29 is 66.6 Å². The number of fused-ring (bicyclic) bond motifs is 2. The minimum atomic E-state index is 0.111. The van der Waals surface area contributed by atoms with Crippen LogP contribution in [-0.4, -0.2) is 130 Å². The Balaban J connectivity index is 0.000000516. The van der Waals surface area contributed by atoms with Crippen molar-refractivity contribution in [2.45, 2.75) is 204 Å². The molecule has 0 amide bonds. The lowest BCUT2D eigenvalue weighted by Gasteiger charge is -2.49. The van der Waals surface area contributed by atoms with Gasteiger partial charge in [-0.3, -0.25) is 0 Å². The third kappa shape index (κ3) is 28.5. The van der Waals surface area contributed by atoms with Gasteiger partial charge in [0.15, 0.2) is 0 Å². The first-order chi connectivity index (χ1) is 43.7. The summed E-state index contributed by atoms with van der Waals surface area (Å²) in [5.41, 5.74) is 8.80. The Labute approximate surface area is 541 Å². The topological polar surface area (TPSA) is 352 Å². The van der Waals surface area contributed by atoms with Crippen LogP contribution in [0, 0.1) is 46.3 Å². The molecule has 10 rings (SSSR count). The van der Waals surface area contributed by atoms with Gasteiger partial charge in [-0.1, -0.05) is 169 Å². The molecule has 0 aromatic heterocycles. The van der Waals surface area contributed by atoms with Gasteiger partial charge in [0.05, 0.1) is 66.6 Å². The van der Waals surface area contributed by atoms with Gasteiger partial charge in [0.1, 0.15) is 17.2 Å². The van der Waals surface area contributed by atoms with Gasteiger partial charge in [0.25, 0.3) is 0 Å². The fourth-order valence-electron chi connectivity index (χ4n) is 12.5. The monoisotopic (exact) mass is 1270 g/mol. The van der Waals surface area contributed by atoms with E-state index in [-0.39, 0.29) is 17.8 Å². The summed E-state index contributed by atoms with van der Waals surface area (Å²) < 4.78 is 10.1. The zero-order valence-corrected chi connectivity index (χ0v) is 56.4. The lowest BCUT2D eigenvalue weighted by Crippen LogP contribution is -2.45. The maximum atomic E-state index is 9.04. The Morgan fingerprint density at radius 3 is 1.51 bits per heavy atom. The lowest BCUT2D eigenvalue weighted by molar-refractivity contribution is 0.103. The van der Waals surface area contributed by atoms with Crippen LogP contribution in [-0.2, 0) is 0 Å². The lowest BCUT2D eigenvalue weighted by atomic mass is 9.55. The third-order valence-electron chi connectivity index (χ3n) is 17.9. The molecule has 7 fully saturated rings. The molecule has 0 saturated heterocycles. The molecule has 7 saturated carbocycles. The number of phenols is 1. The van der Waals surface area contributed by atoms with E-state index in [1.807, 2.05) is 44.2 Å². The van der Waals surface area contributed by atoms with E-state index in [0.29, 0.717) is 70.1 Å². The van der Waals surface area contributed by atoms with Crippen LogP contribution in [0.25, 0.3) is 0 Å². The molecule has 2 unspecified atom stereocenters. The second-order valence-electron chi connectivity index (χ2n) is 24.6. The van der Waals surface area contributed by atoms with E-state index in [4.69, 9.17) is 66.6 Å². The van der Waals surface area contributed by atoms with Crippen LogP contribution < -0.4 is 9.47 Å². The second kappa shape index (κ2) is 46.3. The first-order valence-electron chi connectivity index (χ1n) is 32.1. The maximum absolute atomic E-state index is 9.04. The number of hydrogen-bond acceptors (Lipinski definition) is 22. The molecule has 91 heavy (non-hydrogen) atoms. The van der Waals surface area contributed by atoms with Crippen LogP contribution in [0.5, 0.6) is 17.2 Å². The maximum Gasteiger partial charge on any atom is 0.131 e. The number of benzene rings is 3. The summed E-state index contributed by atoms with van der Waals surface area (Å²) in [5.74, 6) is 5.99. The Morgan fingerprint density at radius 2 is 1.11 bits per heavy atom. The van der Waals surface area contributed by atoms with E-state index in [9.17, 15) is 0 Å². The van der Waals surface area contributed by atoms with Crippen LogP contribution in [0.15, 0.2) is 119 Å². The summed E-state index contributed by atoms with van der Waals surface area (Å²) in [4.78, 5) is 0. The number of methoxy groups -OCH3 is 2. The first kappa shape index (κ1) is 81.3. The van der Waals surface area contributed by atoms with Gasteiger partial charge in [-0.15, -0.1) is 0 Å². The highest BCUT2D eigenvalue weighted by Crippen LogP contribution is 2.64. The predicted octanol–water partition coefficient (Wildman–Crippen LogP) is 16.6. The van der Waals surface area contributed by atoms with Gasteiger partial charge in [0, 0.05) is 47.0 Å². The van der Waals surface area contributed by atoms with E-state index in [2.05, 4.69) is 81.0 Å². The average molecular weight is 1270 g/mol. The Hall–Kier alpha value is -7.75. The molecule has 22 nitrogen and oxygen atoms in total. The zero-order chi connectivity index (χ0) is 68.2. The van der Waals surface area contributed by atoms with Crippen molar-refractivity contribution >= 4 is 52.4 Å². The molecular weight excluding hydrogens is 1160 g/mol. The fourth-order valence-corrected chi connectivity index (χ4v) is 12.5. The third-order valence-corrected chi connectivity index (χ3v) is 17.9. The second-order valence-corrected chi connectivity index (χ2v) is 24.6. The summed E-state index contributed by atoms with van der Waals surface area (Å²) in [5, 5.41) is 121. The molecule has 2 atom stereocenters. The normalized spacial score (nSPS) is 21.8. The molecule has 0 spiro atoms. The Morgan fingerprint density at radius 1 is 0.582 bits per heavy atom. The summed E-state index contributed by atoms with van der Waals surface area (Å²) in [6, 6.07) is 21.4. The van der Waals surface area contributed by atoms with Crippen molar-refractivity contribution in [3.05, 3.63) is 89.5 Å². The molecule has 0 heterocycles. The molecule has 7 aliphatic carbocycles. The largest absolute Gasteiger partial charge is 0.507 e. The summed E-state index contributed by atoms with van der Waals surface area (Å²) in [6.07, 6.45) is 26.3. The smallest absolute Gasteiger partial charge is 0.131 e. The predicted molar refractivity (Wildman–Crippen MR) is 363 cm³/mol. The van der Waals surface area contributed by atoms with Gasteiger partial charge < -0.3 is 66.6 Å². The zero-order valence-electron chi connectivity index (χ0n) is 56.4. The standard InChI is InChI=1S/C10H15NO.C10H17NO.C9H11NO3.C8H15NO.C8H9NO.C7H7NO2.C7H15NO2.C7H15NO.C3H7NO/c12-11-10-8-2-6-1-7(4-8)5-9(10)3-6;1-9(2)7-4-5-10(9,3)8(6-7)11-12;1-12-8-4-3-7(6-10-11)9(5-8)13-2;2*1-7(9-10)8-5-3-2-4-6-8;9-7-4-2-1-3-6(7)5-8-10;1-2-4-7(8-10)5-3-6-9;1-3-5-7(8-9)6-4-2;1-3(2)4-5/h6-9,12H,1-5H2;7,12H,4-6H2,1-3H3;3-6,11H,1-2H3;8,10H,2-6H2,1H3;2-6,10H,1H3;1-5,9-10H;9-10H,2-6H2,1H3;9H,3-6H2,1-2H3;5H,1-2H3/b;11-8+;10-6-;2*9-7-;8-5-;8-7-;;. The molecule has 3 aromatic carbocycles. The Bertz CT molecular complexity index is 2710. The van der Waals surface area contributed by atoms with Crippen LogP contribution in [0.1, 0.15) is 221 Å². The van der Waals surface area contributed by atoms with E-state index < -0.39 is 0 Å². The van der Waals surface area contributed by atoms with Crippen molar-refractivity contribution in [2.24, 2.45) is 92.7 Å². The highest BCUT2D eigenvalue weighted by Gasteiger charge is 2.60. The molecule has 7 aliphatic rings. The molecule has 11 N–H and O–H groups in total. The van der Waals surface area contributed by atoms with Gasteiger partial charge in [-0.2, -0.15) is 0 Å². The minimum Gasteiger partial charge on any atom is -0.507 e. The molecule has 510 valence electrons. The summed E-state index contributed by atoms with van der Waals surface area (Å²) in [6.45, 7) is 20.3. The highest BCUT2D eigenvalue weighted by molar-refractivity contribution is 5.98. The summed E-state index contributed by atoms with van der Waals surface area (Å²) >= 11 is 0. The average Bonchev–Trinajstić information content (AvgIpc) is 1.59. The number of oxime groups is 9. The minimum absolute atomic E-state index is 0.111. The number of para-hydroxylation sites is 1. The van der Waals surface area contributed by atoms with E-state index in [0.717, 1.165) is 96.8 Å². The molecule has 22 heteroatoms. The van der Waals surface area contributed by atoms with Gasteiger partial charge in [0.2, 0.25) is 0 Å². The van der Waals surface area contributed by atoms with E-state index in [1.165, 1.54) is 95.5 Å². The van der Waals surface area contributed by atoms with Crippen molar-refractivity contribution in [3.63, 3.8) is 0 Å². The van der Waals surface area contributed by atoms with Crippen LogP contribution >= 0.6 is 0 Å². The number of aliphatic hydroxyl groups is 1. The van der Waals surface area contributed by atoms with Crippen molar-refractivity contribution in [1.82, 2.24) is 0 Å². The number of nitrogens with zero attached hydrogens (tertiary/aromatic N) is 9. The Kier molecular flexibility index (Phi) is 41.4. The number of ether oxygens (including phenoxy) is 2. The van der Waals surface area contributed by atoms with Crippen molar-refractivity contribution in [1.29, 1.82) is 0 Å². The molecule has 0 aliphatic heterocycles. The number of hydrogen-bond donors (Lipinski definition) is 11. The molecular formula is C69H111N9O13. The number of phenolic OH excluding ortho intramolecular Hbond substituents is 1. The van der Waals surface area contributed by atoms with E-state index >= 15 is 0 Å². The van der Waals surface area contributed by atoms with Crippen LogP contribution in [0.2, 0.25) is 0 Å². The molecule has 6 bridgehead atoms. The highest BCUT2D eigenvalue weighted by atomic mass is 16.5. The van der Waals surface area contributed by atoms with Crippen molar-refractivity contribution in [3.8, 4) is 17.2 Å². The van der Waals surface area contributed by atoms with Crippen molar-refractivity contribution in [2.75, 3.05) is 20.8 Å². The van der Waals surface area contributed by atoms with E-state index in [1.54, 1.807) is 71.4 Å². The van der Waals surface area contributed by atoms with Crippen LogP contribution in [0.4, 0.5) is 0 Å². The molecule has 3 aromatic rings.